The van der Waals surface area contributed by atoms with Gasteiger partial charge in [0, 0.05) is 42.2 Å². The standard InChI is InChI=1S/C17H19N5O8S.Na/c1-9(23)18-10-5-6-11(15(24)30-4)12(7-10)31(26,27)22-17(25)21-16-19-13(28-2)8-14(20-16)29-3;/h5-8H,1-4H3,(H,18,23)(H2,19,20,21,22,25);. The second-order valence-electron chi connectivity index (χ2n) is 5.72. The Morgan fingerprint density at radius 2 is 1.53 bits per heavy atom. The van der Waals surface area contributed by atoms with Gasteiger partial charge >= 0.3 is 12.0 Å². The van der Waals surface area contributed by atoms with Crippen LogP contribution in [0, 0.1) is 0 Å². The molecule has 0 fully saturated rings. The van der Waals surface area contributed by atoms with Crippen LogP contribution in [0.4, 0.5) is 16.4 Å². The van der Waals surface area contributed by atoms with Crippen molar-refractivity contribution in [3.05, 3.63) is 29.8 Å². The zero-order valence-corrected chi connectivity index (χ0v) is 20.7. The van der Waals surface area contributed by atoms with E-state index in [2.05, 4.69) is 25.3 Å². The topological polar surface area (TPSA) is 175 Å². The zero-order chi connectivity index (χ0) is 23.2. The number of anilines is 2. The Morgan fingerprint density at radius 1 is 0.938 bits per heavy atom. The molecule has 0 atom stereocenters. The van der Waals surface area contributed by atoms with Crippen molar-refractivity contribution < 1.29 is 37.0 Å². The minimum atomic E-state index is -4.59. The molecule has 0 aliphatic heterocycles. The maximum Gasteiger partial charge on any atom is 0.339 e. The molecule has 0 aliphatic rings. The smallest absolute Gasteiger partial charge is 0.339 e. The van der Waals surface area contributed by atoms with E-state index in [1.54, 1.807) is 4.72 Å². The summed E-state index contributed by atoms with van der Waals surface area (Å²) in [6, 6.07) is 3.57. The normalized spacial score (nSPS) is 10.2. The SMILES string of the molecule is COC(=O)c1ccc(NC(C)=O)cc1S(=O)(=O)NC(=O)Nc1nc(OC)cc(OC)n1.[Na]. The number of hydrogen-bond acceptors (Lipinski definition) is 10. The van der Waals surface area contributed by atoms with Crippen molar-refractivity contribution in [2.75, 3.05) is 32.0 Å². The van der Waals surface area contributed by atoms with E-state index >= 15 is 0 Å². The molecule has 3 amide bonds. The summed E-state index contributed by atoms with van der Waals surface area (Å²) >= 11 is 0. The van der Waals surface area contributed by atoms with E-state index in [-0.39, 0.29) is 58.5 Å². The van der Waals surface area contributed by atoms with Crippen LogP contribution in [-0.2, 0) is 19.6 Å². The molecule has 1 aromatic carbocycles. The number of amides is 3. The summed E-state index contributed by atoms with van der Waals surface area (Å²) in [7, 11) is -0.872. The molecule has 0 saturated carbocycles. The minimum Gasteiger partial charge on any atom is -0.481 e. The first-order chi connectivity index (χ1) is 14.6. The van der Waals surface area contributed by atoms with Crippen LogP contribution in [0.5, 0.6) is 11.8 Å². The molecule has 0 aliphatic carbocycles. The monoisotopic (exact) mass is 476 g/mol. The van der Waals surface area contributed by atoms with Crippen molar-refractivity contribution in [2.24, 2.45) is 0 Å². The van der Waals surface area contributed by atoms with Gasteiger partial charge in [0.1, 0.15) is 4.90 Å². The molecule has 3 N–H and O–H groups in total. The van der Waals surface area contributed by atoms with Crippen molar-refractivity contribution in [2.45, 2.75) is 11.8 Å². The molecule has 0 unspecified atom stereocenters. The number of methoxy groups -OCH3 is 3. The van der Waals surface area contributed by atoms with E-state index in [1.807, 2.05) is 0 Å². The first-order valence-corrected chi connectivity index (χ1v) is 9.88. The fourth-order valence-corrected chi connectivity index (χ4v) is 3.41. The van der Waals surface area contributed by atoms with Crippen molar-refractivity contribution in [1.82, 2.24) is 14.7 Å². The van der Waals surface area contributed by atoms with Gasteiger partial charge in [-0.3, -0.25) is 10.1 Å². The summed E-state index contributed by atoms with van der Waals surface area (Å²) in [6.45, 7) is 1.22. The Bertz CT molecular complexity index is 1100. The number of sulfonamides is 1. The molecule has 13 nitrogen and oxygen atoms in total. The molecular formula is C17H19N5NaO8S. The summed E-state index contributed by atoms with van der Waals surface area (Å²) in [5.74, 6) is -1.62. The van der Waals surface area contributed by atoms with Crippen molar-refractivity contribution in [1.29, 1.82) is 0 Å². The van der Waals surface area contributed by atoms with Crippen LogP contribution in [-0.4, -0.2) is 87.2 Å². The van der Waals surface area contributed by atoms with Crippen molar-refractivity contribution >= 4 is 69.1 Å². The third-order valence-electron chi connectivity index (χ3n) is 3.55. The minimum absolute atomic E-state index is 0. The van der Waals surface area contributed by atoms with E-state index in [9.17, 15) is 22.8 Å². The first-order valence-electron chi connectivity index (χ1n) is 8.40. The molecule has 2 aromatic rings. The van der Waals surface area contributed by atoms with Gasteiger partial charge in [0.05, 0.1) is 33.0 Å². The van der Waals surface area contributed by atoms with Gasteiger partial charge < -0.3 is 19.5 Å². The van der Waals surface area contributed by atoms with E-state index in [0.29, 0.717) is 0 Å². The Hall–Kier alpha value is -2.94. The molecule has 167 valence electrons. The predicted octanol–water partition coefficient (Wildman–Crippen LogP) is 0.368. The van der Waals surface area contributed by atoms with E-state index < -0.39 is 32.8 Å². The zero-order valence-electron chi connectivity index (χ0n) is 17.9. The molecule has 1 heterocycles. The van der Waals surface area contributed by atoms with Crippen LogP contribution in [0.25, 0.3) is 0 Å². The predicted molar refractivity (Wildman–Crippen MR) is 112 cm³/mol. The molecular weight excluding hydrogens is 457 g/mol. The third kappa shape index (κ3) is 7.05. The summed E-state index contributed by atoms with van der Waals surface area (Å²) in [6.07, 6.45) is 0. The average Bonchev–Trinajstić information content (AvgIpc) is 2.71. The second kappa shape index (κ2) is 11.6. The quantitative estimate of drug-likeness (QED) is 0.374. The molecule has 15 heteroatoms. The number of ether oxygens (including phenoxy) is 3. The molecule has 0 spiro atoms. The van der Waals surface area contributed by atoms with Gasteiger partial charge in [0.15, 0.2) is 0 Å². The summed E-state index contributed by atoms with van der Waals surface area (Å²) in [4.78, 5) is 42.6. The van der Waals surface area contributed by atoms with Gasteiger partial charge in [-0.2, -0.15) is 9.97 Å². The fraction of sp³-hybridized carbons (Fsp3) is 0.235. The summed E-state index contributed by atoms with van der Waals surface area (Å²) in [5.41, 5.74) is -0.266. The van der Waals surface area contributed by atoms with Crippen LogP contribution < -0.4 is 24.8 Å². The van der Waals surface area contributed by atoms with Crippen LogP contribution in [0.1, 0.15) is 17.3 Å². The van der Waals surface area contributed by atoms with Gasteiger partial charge in [-0.15, -0.1) is 0 Å². The molecule has 1 aromatic heterocycles. The molecule has 0 saturated heterocycles. The molecule has 1 radical (unpaired) electrons. The average molecular weight is 476 g/mol. The van der Waals surface area contributed by atoms with Gasteiger partial charge in [0.2, 0.25) is 23.6 Å². The number of benzene rings is 1. The number of carbonyl (C=O) groups excluding carboxylic acids is 3. The maximum atomic E-state index is 12.8. The Labute approximate surface area is 205 Å². The van der Waals surface area contributed by atoms with Gasteiger partial charge in [-0.05, 0) is 18.2 Å². The van der Waals surface area contributed by atoms with Gasteiger partial charge in [-0.25, -0.2) is 22.7 Å². The van der Waals surface area contributed by atoms with Crippen LogP contribution in [0.15, 0.2) is 29.2 Å². The van der Waals surface area contributed by atoms with E-state index in [4.69, 9.17) is 9.47 Å². The van der Waals surface area contributed by atoms with Gasteiger partial charge in [0.25, 0.3) is 10.0 Å². The fourth-order valence-electron chi connectivity index (χ4n) is 2.28. The van der Waals surface area contributed by atoms with Crippen LogP contribution in [0.3, 0.4) is 0 Å². The Kier molecular flexibility index (Phi) is 9.83. The second-order valence-corrected chi connectivity index (χ2v) is 7.37. The number of nitrogens with zero attached hydrogens (tertiary/aromatic N) is 2. The van der Waals surface area contributed by atoms with Crippen LogP contribution in [0.2, 0.25) is 0 Å². The maximum absolute atomic E-state index is 12.8. The van der Waals surface area contributed by atoms with E-state index in [0.717, 1.165) is 19.2 Å². The number of aromatic nitrogens is 2. The number of urea groups is 1. The Morgan fingerprint density at radius 3 is 2.03 bits per heavy atom. The largest absolute Gasteiger partial charge is 0.481 e. The van der Waals surface area contributed by atoms with Gasteiger partial charge in [-0.1, -0.05) is 0 Å². The van der Waals surface area contributed by atoms with Crippen molar-refractivity contribution in [3.8, 4) is 11.8 Å². The molecule has 2 rings (SSSR count). The molecule has 0 bridgehead atoms. The summed E-state index contributed by atoms with van der Waals surface area (Å²) in [5, 5.41) is 4.52. The first kappa shape index (κ1) is 27.1. The van der Waals surface area contributed by atoms with E-state index in [1.165, 1.54) is 33.3 Å². The van der Waals surface area contributed by atoms with Crippen LogP contribution >= 0.6 is 0 Å². The third-order valence-corrected chi connectivity index (χ3v) is 4.92. The number of rotatable bonds is 7. The number of hydrogen-bond donors (Lipinski definition) is 3. The number of carbonyl (C=O) groups is 3. The number of nitrogens with one attached hydrogen (secondary N) is 3. The summed E-state index contributed by atoms with van der Waals surface area (Å²) < 4.78 is 41.7. The molecule has 32 heavy (non-hydrogen) atoms. The van der Waals surface area contributed by atoms with Crippen molar-refractivity contribution in [3.63, 3.8) is 0 Å². The Balaban J connectivity index is 0.00000512. The number of esters is 1.